The fraction of sp³-hybridized carbons (Fsp3) is 0.0952. The molecule has 0 saturated carbocycles. The summed E-state index contributed by atoms with van der Waals surface area (Å²) in [6, 6.07) is 10.1. The fourth-order valence-electron chi connectivity index (χ4n) is 2.66. The van der Waals surface area contributed by atoms with Crippen LogP contribution in [0.2, 0.25) is 5.02 Å². The maximum atomic E-state index is 12.9. The monoisotopic (exact) mass is 410 g/mol. The zero-order valence-electron chi connectivity index (χ0n) is 15.3. The van der Waals surface area contributed by atoms with Crippen molar-refractivity contribution >= 4 is 41.2 Å². The number of barbiturate groups is 1. The zero-order valence-corrected chi connectivity index (χ0v) is 16.0. The maximum Gasteiger partial charge on any atom is 0.335 e. The molecule has 1 N–H and O–H groups in total. The molecular weight excluding hydrogens is 396 g/mol. The number of amides is 4. The predicted octanol–water partition coefficient (Wildman–Crippen LogP) is 3.03. The van der Waals surface area contributed by atoms with Crippen LogP contribution in [0.3, 0.4) is 0 Å². The minimum Gasteiger partial charge on any atom is -0.493 e. The molecule has 0 spiro atoms. The third-order valence-electron chi connectivity index (χ3n) is 4.00. The Labute approximate surface area is 171 Å². The van der Waals surface area contributed by atoms with Gasteiger partial charge in [0.15, 0.2) is 11.5 Å². The van der Waals surface area contributed by atoms with Crippen molar-refractivity contribution in [3.63, 3.8) is 0 Å². The predicted molar refractivity (Wildman–Crippen MR) is 108 cm³/mol. The molecule has 1 heterocycles. The van der Waals surface area contributed by atoms with E-state index in [2.05, 4.69) is 11.2 Å². The van der Waals surface area contributed by atoms with Crippen molar-refractivity contribution in [1.82, 2.24) is 5.32 Å². The lowest BCUT2D eigenvalue weighted by atomic mass is 10.1. The molecule has 2 aromatic carbocycles. The summed E-state index contributed by atoms with van der Waals surface area (Å²) in [7, 11) is 1.45. The van der Waals surface area contributed by atoms with Crippen LogP contribution >= 0.6 is 11.6 Å². The van der Waals surface area contributed by atoms with Crippen molar-refractivity contribution in [3.8, 4) is 23.8 Å². The lowest BCUT2D eigenvalue weighted by molar-refractivity contribution is -0.122. The Morgan fingerprint density at radius 1 is 1.14 bits per heavy atom. The molecule has 4 amide bonds. The summed E-state index contributed by atoms with van der Waals surface area (Å²) in [4.78, 5) is 38.2. The number of hydrogen-bond acceptors (Lipinski definition) is 5. The molecule has 0 radical (unpaired) electrons. The van der Waals surface area contributed by atoms with Crippen LogP contribution in [-0.2, 0) is 9.59 Å². The molecule has 1 saturated heterocycles. The van der Waals surface area contributed by atoms with Gasteiger partial charge in [0.25, 0.3) is 11.8 Å². The van der Waals surface area contributed by atoms with E-state index in [-0.39, 0.29) is 17.9 Å². The van der Waals surface area contributed by atoms with Gasteiger partial charge in [-0.2, -0.15) is 0 Å². The molecule has 7 nitrogen and oxygen atoms in total. The van der Waals surface area contributed by atoms with Crippen molar-refractivity contribution in [3.05, 3.63) is 58.6 Å². The maximum absolute atomic E-state index is 12.9. The molecule has 1 aliphatic heterocycles. The number of imide groups is 2. The highest BCUT2D eigenvalue weighted by Gasteiger charge is 2.36. The number of anilines is 1. The molecule has 0 aliphatic carbocycles. The largest absolute Gasteiger partial charge is 0.493 e. The number of nitrogens with one attached hydrogen (secondary N) is 1. The van der Waals surface area contributed by atoms with Gasteiger partial charge in [-0.05, 0) is 48.0 Å². The van der Waals surface area contributed by atoms with Gasteiger partial charge in [-0.15, -0.1) is 6.42 Å². The smallest absolute Gasteiger partial charge is 0.335 e. The molecule has 1 aliphatic rings. The first-order chi connectivity index (χ1) is 13.9. The van der Waals surface area contributed by atoms with Gasteiger partial charge in [0.05, 0.1) is 12.8 Å². The summed E-state index contributed by atoms with van der Waals surface area (Å²) in [5.41, 5.74) is 0.573. The van der Waals surface area contributed by atoms with Gasteiger partial charge in [0.2, 0.25) is 0 Å². The van der Waals surface area contributed by atoms with Crippen LogP contribution in [0, 0.1) is 12.3 Å². The quantitative estimate of drug-likeness (QED) is 0.465. The van der Waals surface area contributed by atoms with Crippen LogP contribution < -0.4 is 19.7 Å². The van der Waals surface area contributed by atoms with Crippen LogP contribution in [0.15, 0.2) is 48.0 Å². The summed E-state index contributed by atoms with van der Waals surface area (Å²) in [5, 5.41) is 2.61. The summed E-state index contributed by atoms with van der Waals surface area (Å²) in [5.74, 6) is 1.60. The Morgan fingerprint density at radius 2 is 1.86 bits per heavy atom. The van der Waals surface area contributed by atoms with Crippen molar-refractivity contribution < 1.29 is 23.9 Å². The van der Waals surface area contributed by atoms with Gasteiger partial charge in [-0.25, -0.2) is 9.69 Å². The average molecular weight is 411 g/mol. The van der Waals surface area contributed by atoms with Gasteiger partial charge < -0.3 is 9.47 Å². The van der Waals surface area contributed by atoms with Gasteiger partial charge in [-0.1, -0.05) is 23.6 Å². The Hall–Kier alpha value is -3.76. The SMILES string of the molecule is C#CCOc1ccc(/C=C2\C(=O)NC(=O)N(c3ccc(Cl)cc3)C2=O)cc1OC. The third-order valence-corrected chi connectivity index (χ3v) is 4.25. The zero-order chi connectivity index (χ0) is 21.0. The summed E-state index contributed by atoms with van der Waals surface area (Å²) in [6.07, 6.45) is 6.55. The second-order valence-electron chi connectivity index (χ2n) is 5.84. The number of nitrogens with zero attached hydrogens (tertiary/aromatic N) is 1. The second kappa shape index (κ2) is 8.50. The van der Waals surface area contributed by atoms with E-state index in [1.807, 2.05) is 0 Å². The molecule has 1 fully saturated rings. The summed E-state index contributed by atoms with van der Waals surface area (Å²) < 4.78 is 10.6. The van der Waals surface area contributed by atoms with Crippen molar-refractivity contribution in [1.29, 1.82) is 0 Å². The highest BCUT2D eigenvalue weighted by molar-refractivity contribution is 6.39. The highest BCUT2D eigenvalue weighted by atomic mass is 35.5. The van der Waals surface area contributed by atoms with Crippen molar-refractivity contribution in [2.45, 2.75) is 0 Å². The van der Waals surface area contributed by atoms with E-state index in [9.17, 15) is 14.4 Å². The summed E-state index contributed by atoms with van der Waals surface area (Å²) >= 11 is 5.85. The molecule has 0 aromatic heterocycles. The number of terminal acetylenes is 1. The Kier molecular flexibility index (Phi) is 5.86. The average Bonchev–Trinajstić information content (AvgIpc) is 2.71. The van der Waals surface area contributed by atoms with Gasteiger partial charge in [-0.3, -0.25) is 14.9 Å². The molecular formula is C21H15ClN2O5. The lowest BCUT2D eigenvalue weighted by Gasteiger charge is -2.26. The van der Waals surface area contributed by atoms with Crippen LogP contribution in [0.1, 0.15) is 5.56 Å². The molecule has 2 aromatic rings. The highest BCUT2D eigenvalue weighted by Crippen LogP contribution is 2.30. The number of ether oxygens (including phenoxy) is 2. The number of benzene rings is 2. The number of rotatable bonds is 5. The van der Waals surface area contributed by atoms with E-state index in [4.69, 9.17) is 27.5 Å². The molecule has 0 unspecified atom stereocenters. The van der Waals surface area contributed by atoms with Gasteiger partial charge in [0, 0.05) is 5.02 Å². The Balaban J connectivity index is 1.96. The van der Waals surface area contributed by atoms with Crippen molar-refractivity contribution in [2.75, 3.05) is 18.6 Å². The van der Waals surface area contributed by atoms with E-state index in [1.54, 1.807) is 18.2 Å². The minimum atomic E-state index is -0.838. The first-order valence-corrected chi connectivity index (χ1v) is 8.73. The van der Waals surface area contributed by atoms with Crippen LogP contribution in [0.5, 0.6) is 11.5 Å². The lowest BCUT2D eigenvalue weighted by Crippen LogP contribution is -2.54. The van der Waals surface area contributed by atoms with E-state index in [0.717, 1.165) is 4.90 Å². The van der Waals surface area contributed by atoms with Gasteiger partial charge in [0.1, 0.15) is 12.2 Å². The third kappa shape index (κ3) is 4.23. The summed E-state index contributed by atoms with van der Waals surface area (Å²) in [6.45, 7) is 0.0653. The van der Waals surface area contributed by atoms with Crippen molar-refractivity contribution in [2.24, 2.45) is 0 Å². The normalized spacial score (nSPS) is 15.1. The number of halogens is 1. The van der Waals surface area contributed by atoms with E-state index in [1.165, 1.54) is 37.5 Å². The molecule has 29 heavy (non-hydrogen) atoms. The number of hydrogen-bond donors (Lipinski definition) is 1. The number of carbonyl (C=O) groups is 3. The number of carbonyl (C=O) groups excluding carboxylic acids is 3. The Morgan fingerprint density at radius 3 is 2.52 bits per heavy atom. The molecule has 0 bridgehead atoms. The molecule has 3 rings (SSSR count). The minimum absolute atomic E-state index is 0.0653. The molecule has 0 atom stereocenters. The second-order valence-corrected chi connectivity index (χ2v) is 6.27. The first kappa shape index (κ1) is 20.0. The Bertz CT molecular complexity index is 1050. The number of urea groups is 1. The van der Waals surface area contributed by atoms with Crippen LogP contribution in [0.4, 0.5) is 10.5 Å². The van der Waals surface area contributed by atoms with Crippen LogP contribution in [0.25, 0.3) is 6.08 Å². The van der Waals surface area contributed by atoms with E-state index in [0.29, 0.717) is 22.1 Å². The topological polar surface area (TPSA) is 84.9 Å². The number of methoxy groups -OCH3 is 1. The molecule has 8 heteroatoms. The van der Waals surface area contributed by atoms with Gasteiger partial charge >= 0.3 is 6.03 Å². The van der Waals surface area contributed by atoms with E-state index >= 15 is 0 Å². The molecule has 146 valence electrons. The standard InChI is InChI=1S/C21H15ClN2O5/c1-3-10-29-17-9-4-13(12-18(17)28-2)11-16-19(25)23-21(27)24(20(16)26)15-7-5-14(22)6-8-15/h1,4-9,11-12H,10H2,2H3,(H,23,25,27)/b16-11+. The fourth-order valence-corrected chi connectivity index (χ4v) is 2.79. The van der Waals surface area contributed by atoms with Crippen LogP contribution in [-0.4, -0.2) is 31.6 Å². The van der Waals surface area contributed by atoms with E-state index < -0.39 is 17.8 Å². The first-order valence-electron chi connectivity index (χ1n) is 8.36.